The number of hydrogen-bond acceptors (Lipinski definition) is 5. The molecule has 0 saturated heterocycles. The van der Waals surface area contributed by atoms with Crippen LogP contribution in [0.2, 0.25) is 0 Å². The number of aryl methyl sites for hydroxylation is 2. The van der Waals surface area contributed by atoms with Gasteiger partial charge >= 0.3 is 5.97 Å². The van der Waals surface area contributed by atoms with Crippen molar-refractivity contribution in [2.75, 3.05) is 6.61 Å². The molecule has 1 saturated carbocycles. The minimum absolute atomic E-state index is 0.285. The highest BCUT2D eigenvalue weighted by molar-refractivity contribution is 7.15. The Hall–Kier alpha value is -1.62. The van der Waals surface area contributed by atoms with Crippen LogP contribution in [-0.2, 0) is 4.74 Å². The van der Waals surface area contributed by atoms with Crippen molar-refractivity contribution in [1.29, 1.82) is 0 Å². The topological polar surface area (TPSA) is 52.3 Å². The van der Waals surface area contributed by atoms with Gasteiger partial charge in [0.2, 0.25) is 11.7 Å². The van der Waals surface area contributed by atoms with Gasteiger partial charge in [-0.05, 0) is 45.2 Å². The Morgan fingerprint density at radius 2 is 2.25 bits per heavy atom. The van der Waals surface area contributed by atoms with Crippen LogP contribution < -0.4 is 0 Å². The lowest BCUT2D eigenvalue weighted by atomic mass is 10.2. The van der Waals surface area contributed by atoms with Gasteiger partial charge in [0.15, 0.2) is 0 Å². The van der Waals surface area contributed by atoms with Gasteiger partial charge in [0.1, 0.15) is 0 Å². The SMILES string of the molecule is CCOC(=O)c1oc(-c2cc(C)c(C)s2)nc1C1CC1. The lowest BCUT2D eigenvalue weighted by Crippen LogP contribution is -2.05. The second-order valence-corrected chi connectivity index (χ2v) is 6.33. The maximum absolute atomic E-state index is 12.0. The first-order valence-electron chi connectivity index (χ1n) is 6.85. The Labute approximate surface area is 121 Å². The zero-order valence-corrected chi connectivity index (χ0v) is 12.7. The van der Waals surface area contributed by atoms with Crippen LogP contribution in [0.1, 0.15) is 52.4 Å². The van der Waals surface area contributed by atoms with Crippen molar-refractivity contribution < 1.29 is 13.9 Å². The molecule has 0 spiro atoms. The van der Waals surface area contributed by atoms with E-state index >= 15 is 0 Å². The predicted molar refractivity (Wildman–Crippen MR) is 77.2 cm³/mol. The summed E-state index contributed by atoms with van der Waals surface area (Å²) in [4.78, 5) is 18.7. The van der Waals surface area contributed by atoms with E-state index in [1.165, 1.54) is 10.4 Å². The molecule has 3 rings (SSSR count). The van der Waals surface area contributed by atoms with Crippen LogP contribution in [-0.4, -0.2) is 17.6 Å². The summed E-state index contributed by atoms with van der Waals surface area (Å²) in [6.45, 7) is 6.26. The summed E-state index contributed by atoms with van der Waals surface area (Å²) in [7, 11) is 0. The normalized spacial score (nSPS) is 14.6. The third kappa shape index (κ3) is 2.38. The largest absolute Gasteiger partial charge is 0.460 e. The number of nitrogens with zero attached hydrogens (tertiary/aromatic N) is 1. The summed E-state index contributed by atoms with van der Waals surface area (Å²) < 4.78 is 10.8. The van der Waals surface area contributed by atoms with Crippen molar-refractivity contribution in [2.24, 2.45) is 0 Å². The average Bonchev–Trinajstić information content (AvgIpc) is 3.07. The van der Waals surface area contributed by atoms with Gasteiger partial charge in [-0.1, -0.05) is 0 Å². The Bertz CT molecular complexity index is 633. The van der Waals surface area contributed by atoms with Gasteiger partial charge in [-0.2, -0.15) is 0 Å². The van der Waals surface area contributed by atoms with Gasteiger partial charge in [0.05, 0.1) is 17.2 Å². The third-order valence-electron chi connectivity index (χ3n) is 3.46. The number of carbonyl (C=O) groups excluding carboxylic acids is 1. The lowest BCUT2D eigenvalue weighted by molar-refractivity contribution is 0.0489. The average molecular weight is 291 g/mol. The quantitative estimate of drug-likeness (QED) is 0.797. The number of rotatable bonds is 4. The Morgan fingerprint density at radius 1 is 1.50 bits per heavy atom. The molecule has 1 aliphatic rings. The summed E-state index contributed by atoms with van der Waals surface area (Å²) in [6.07, 6.45) is 2.14. The molecule has 2 aromatic heterocycles. The van der Waals surface area contributed by atoms with Crippen LogP contribution >= 0.6 is 11.3 Å². The van der Waals surface area contributed by atoms with E-state index in [2.05, 4.69) is 24.9 Å². The molecule has 0 radical (unpaired) electrons. The van der Waals surface area contributed by atoms with Crippen molar-refractivity contribution in [3.8, 4) is 10.8 Å². The first kappa shape index (κ1) is 13.4. The molecule has 0 unspecified atom stereocenters. The van der Waals surface area contributed by atoms with E-state index in [0.717, 1.165) is 23.4 Å². The van der Waals surface area contributed by atoms with Crippen molar-refractivity contribution in [3.05, 3.63) is 28.0 Å². The van der Waals surface area contributed by atoms with E-state index in [9.17, 15) is 4.79 Å². The molecule has 20 heavy (non-hydrogen) atoms. The summed E-state index contributed by atoms with van der Waals surface area (Å²) in [5, 5.41) is 0. The van der Waals surface area contributed by atoms with Crippen LogP contribution in [0.4, 0.5) is 0 Å². The second kappa shape index (κ2) is 5.05. The van der Waals surface area contributed by atoms with E-state index in [1.54, 1.807) is 18.3 Å². The van der Waals surface area contributed by atoms with Gasteiger partial charge < -0.3 is 9.15 Å². The van der Waals surface area contributed by atoms with Crippen LogP contribution in [0.3, 0.4) is 0 Å². The van der Waals surface area contributed by atoms with Gasteiger partial charge in [-0.25, -0.2) is 9.78 Å². The zero-order valence-electron chi connectivity index (χ0n) is 11.9. The number of carbonyl (C=O) groups is 1. The van der Waals surface area contributed by atoms with E-state index in [1.807, 2.05) is 0 Å². The Balaban J connectivity index is 2.00. The monoisotopic (exact) mass is 291 g/mol. The molecule has 5 heteroatoms. The molecule has 2 aromatic rings. The molecule has 0 N–H and O–H groups in total. The molecule has 1 aliphatic carbocycles. The number of thiophene rings is 1. The van der Waals surface area contributed by atoms with Crippen LogP contribution in [0.5, 0.6) is 0 Å². The van der Waals surface area contributed by atoms with Crippen molar-refractivity contribution >= 4 is 17.3 Å². The molecular weight excluding hydrogens is 274 g/mol. The summed E-state index contributed by atoms with van der Waals surface area (Å²) in [5.41, 5.74) is 1.98. The lowest BCUT2D eigenvalue weighted by Gasteiger charge is -1.98. The number of esters is 1. The summed E-state index contributed by atoms with van der Waals surface area (Å²) >= 11 is 1.64. The van der Waals surface area contributed by atoms with Crippen molar-refractivity contribution in [3.63, 3.8) is 0 Å². The third-order valence-corrected chi connectivity index (χ3v) is 4.60. The van der Waals surface area contributed by atoms with Crippen LogP contribution in [0.25, 0.3) is 10.8 Å². The number of hydrogen-bond donors (Lipinski definition) is 0. The molecule has 4 nitrogen and oxygen atoms in total. The summed E-state index contributed by atoms with van der Waals surface area (Å²) in [5.74, 6) is 0.774. The molecule has 0 amide bonds. The highest BCUT2D eigenvalue weighted by atomic mass is 32.1. The predicted octanol–water partition coefficient (Wildman–Crippen LogP) is 4.07. The van der Waals surface area contributed by atoms with E-state index in [0.29, 0.717) is 18.4 Å². The maximum Gasteiger partial charge on any atom is 0.376 e. The summed E-state index contributed by atoms with van der Waals surface area (Å²) in [6, 6.07) is 2.05. The van der Waals surface area contributed by atoms with Gasteiger partial charge in [-0.3, -0.25) is 0 Å². The molecule has 0 atom stereocenters. The molecule has 1 fully saturated rings. The van der Waals surface area contributed by atoms with E-state index in [-0.39, 0.29) is 5.76 Å². The first-order chi connectivity index (χ1) is 9.60. The molecule has 0 bridgehead atoms. The van der Waals surface area contributed by atoms with E-state index < -0.39 is 5.97 Å². The molecule has 106 valence electrons. The fourth-order valence-corrected chi connectivity index (χ4v) is 3.05. The second-order valence-electron chi connectivity index (χ2n) is 5.08. The molecule has 0 aliphatic heterocycles. The fourth-order valence-electron chi connectivity index (χ4n) is 2.09. The Kier molecular flexibility index (Phi) is 3.38. The highest BCUT2D eigenvalue weighted by Crippen LogP contribution is 2.43. The van der Waals surface area contributed by atoms with Crippen LogP contribution in [0, 0.1) is 13.8 Å². The number of ether oxygens (including phenoxy) is 1. The van der Waals surface area contributed by atoms with Gasteiger partial charge in [-0.15, -0.1) is 11.3 Å². The molecule has 2 heterocycles. The Morgan fingerprint density at radius 3 is 2.80 bits per heavy atom. The van der Waals surface area contributed by atoms with E-state index in [4.69, 9.17) is 9.15 Å². The minimum Gasteiger partial charge on any atom is -0.460 e. The fraction of sp³-hybridized carbons (Fsp3) is 0.467. The van der Waals surface area contributed by atoms with Crippen molar-refractivity contribution in [1.82, 2.24) is 4.98 Å². The van der Waals surface area contributed by atoms with Crippen LogP contribution in [0.15, 0.2) is 10.5 Å². The van der Waals surface area contributed by atoms with Crippen molar-refractivity contribution in [2.45, 2.75) is 39.5 Å². The standard InChI is InChI=1S/C15H17NO3S/c1-4-18-15(17)13-12(10-5-6-10)16-14(19-13)11-7-8(2)9(3)20-11/h7,10H,4-6H2,1-3H3. The number of aromatic nitrogens is 1. The molecular formula is C15H17NO3S. The maximum atomic E-state index is 12.0. The van der Waals surface area contributed by atoms with Gasteiger partial charge in [0.25, 0.3) is 0 Å². The van der Waals surface area contributed by atoms with Gasteiger partial charge in [0, 0.05) is 10.8 Å². The smallest absolute Gasteiger partial charge is 0.376 e. The zero-order chi connectivity index (χ0) is 14.3. The first-order valence-corrected chi connectivity index (χ1v) is 7.67. The minimum atomic E-state index is -0.404. The molecule has 0 aromatic carbocycles. The number of oxazole rings is 1. The highest BCUT2D eigenvalue weighted by Gasteiger charge is 2.34.